The Hall–Kier alpha value is -3.62. The van der Waals surface area contributed by atoms with Crippen LogP contribution >= 0.6 is 0 Å². The molecule has 3 aromatic rings. The highest BCUT2D eigenvalue weighted by Crippen LogP contribution is 2.23. The number of carbonyl (C=O) groups is 2. The Kier molecular flexibility index (Phi) is 4.79. The highest BCUT2D eigenvalue weighted by Gasteiger charge is 2.30. The molecule has 0 aliphatic carbocycles. The van der Waals surface area contributed by atoms with E-state index in [4.69, 9.17) is 9.15 Å². The molecule has 1 N–H and O–H groups in total. The van der Waals surface area contributed by atoms with Crippen molar-refractivity contribution >= 4 is 22.9 Å². The fraction of sp³-hybridized carbons (Fsp3) is 0.300. The summed E-state index contributed by atoms with van der Waals surface area (Å²) in [6, 6.07) is 6.93. The Morgan fingerprint density at radius 3 is 2.31 bits per heavy atom. The fourth-order valence-electron chi connectivity index (χ4n) is 3.50. The predicted molar refractivity (Wildman–Crippen MR) is 104 cm³/mol. The van der Waals surface area contributed by atoms with E-state index in [0.717, 1.165) is 0 Å². The lowest BCUT2D eigenvalue weighted by molar-refractivity contribution is 0.0535. The number of H-pyrrole nitrogens is 1. The summed E-state index contributed by atoms with van der Waals surface area (Å²) in [4.78, 5) is 47.7. The van der Waals surface area contributed by atoms with Crippen LogP contribution in [0.2, 0.25) is 0 Å². The van der Waals surface area contributed by atoms with Crippen molar-refractivity contribution < 1.29 is 18.7 Å². The smallest absolute Gasteiger partial charge is 0.262 e. The zero-order valence-corrected chi connectivity index (χ0v) is 16.1. The van der Waals surface area contributed by atoms with Crippen molar-refractivity contribution in [1.82, 2.24) is 19.8 Å². The van der Waals surface area contributed by atoms with Crippen molar-refractivity contribution in [3.63, 3.8) is 0 Å². The van der Waals surface area contributed by atoms with E-state index >= 15 is 0 Å². The van der Waals surface area contributed by atoms with E-state index in [-0.39, 0.29) is 28.5 Å². The largest absolute Gasteiger partial charge is 0.497 e. The second-order valence-corrected chi connectivity index (χ2v) is 6.76. The highest BCUT2D eigenvalue weighted by atomic mass is 16.5. The first-order chi connectivity index (χ1) is 14.0. The van der Waals surface area contributed by atoms with Gasteiger partial charge in [0.2, 0.25) is 5.71 Å². The number of rotatable bonds is 3. The maximum atomic E-state index is 13.0. The number of hydrogen-bond donors (Lipinski definition) is 1. The molecule has 9 nitrogen and oxygen atoms in total. The molecule has 0 unspecified atom stereocenters. The van der Waals surface area contributed by atoms with E-state index in [1.54, 1.807) is 48.1 Å². The number of benzene rings is 1. The van der Waals surface area contributed by atoms with Crippen LogP contribution in [0, 0.1) is 6.92 Å². The monoisotopic (exact) mass is 396 g/mol. The lowest BCUT2D eigenvalue weighted by atomic mass is 10.1. The van der Waals surface area contributed by atoms with Gasteiger partial charge in [-0.05, 0) is 31.2 Å². The van der Waals surface area contributed by atoms with Gasteiger partial charge in [0.1, 0.15) is 16.9 Å². The minimum atomic E-state index is -0.413. The molecule has 1 aliphatic heterocycles. The summed E-state index contributed by atoms with van der Waals surface area (Å²) < 4.78 is 10.6. The number of piperazine rings is 1. The van der Waals surface area contributed by atoms with Crippen molar-refractivity contribution in [2.45, 2.75) is 6.92 Å². The van der Waals surface area contributed by atoms with Crippen molar-refractivity contribution in [3.8, 4) is 5.75 Å². The number of methoxy groups -OCH3 is 1. The summed E-state index contributed by atoms with van der Waals surface area (Å²) >= 11 is 0. The average molecular weight is 396 g/mol. The number of hydrogen-bond acceptors (Lipinski definition) is 6. The van der Waals surface area contributed by atoms with Crippen LogP contribution in [0.25, 0.3) is 11.1 Å². The predicted octanol–water partition coefficient (Wildman–Crippen LogP) is 1.43. The van der Waals surface area contributed by atoms with Gasteiger partial charge in [-0.25, -0.2) is 4.98 Å². The molecule has 150 valence electrons. The third-order valence-corrected chi connectivity index (χ3v) is 5.08. The summed E-state index contributed by atoms with van der Waals surface area (Å²) in [6.07, 6.45) is 1.24. The van der Waals surface area contributed by atoms with Gasteiger partial charge in [-0.1, -0.05) is 0 Å². The number of aryl methyl sites for hydroxylation is 1. The van der Waals surface area contributed by atoms with Gasteiger partial charge in [0.25, 0.3) is 17.4 Å². The topological polar surface area (TPSA) is 109 Å². The number of ether oxygens (including phenoxy) is 1. The minimum Gasteiger partial charge on any atom is -0.497 e. The summed E-state index contributed by atoms with van der Waals surface area (Å²) in [7, 11) is 1.57. The van der Waals surface area contributed by atoms with Crippen molar-refractivity contribution in [1.29, 1.82) is 0 Å². The van der Waals surface area contributed by atoms with Gasteiger partial charge in [-0.15, -0.1) is 0 Å². The Balaban J connectivity index is 1.48. The lowest BCUT2D eigenvalue weighted by Crippen LogP contribution is -2.50. The first-order valence-electron chi connectivity index (χ1n) is 9.19. The van der Waals surface area contributed by atoms with Crippen molar-refractivity contribution in [2.24, 2.45) is 0 Å². The van der Waals surface area contributed by atoms with Gasteiger partial charge >= 0.3 is 0 Å². The Morgan fingerprint density at radius 2 is 1.69 bits per heavy atom. The first kappa shape index (κ1) is 18.7. The molecule has 1 aromatic carbocycles. The first-order valence-corrected chi connectivity index (χ1v) is 9.19. The molecular formula is C20H20N4O5. The van der Waals surface area contributed by atoms with Gasteiger partial charge in [0.05, 0.1) is 19.0 Å². The van der Waals surface area contributed by atoms with Crippen molar-refractivity contribution in [2.75, 3.05) is 33.3 Å². The third kappa shape index (κ3) is 3.35. The number of carbonyl (C=O) groups excluding carboxylic acids is 2. The summed E-state index contributed by atoms with van der Waals surface area (Å²) in [5.41, 5.74) is 0.524. The van der Waals surface area contributed by atoms with Crippen LogP contribution in [0.4, 0.5) is 0 Å². The molecule has 29 heavy (non-hydrogen) atoms. The molecule has 0 bridgehead atoms. The minimum absolute atomic E-state index is 0.0923. The summed E-state index contributed by atoms with van der Waals surface area (Å²) in [5, 5.41) is 0.159. The second kappa shape index (κ2) is 7.42. The fourth-order valence-corrected chi connectivity index (χ4v) is 3.50. The van der Waals surface area contributed by atoms with Crippen LogP contribution in [0.15, 0.2) is 39.8 Å². The Bertz CT molecular complexity index is 1120. The van der Waals surface area contributed by atoms with E-state index in [1.165, 1.54) is 6.33 Å². The van der Waals surface area contributed by atoms with Gasteiger partial charge in [-0.3, -0.25) is 14.4 Å². The van der Waals surface area contributed by atoms with E-state index in [0.29, 0.717) is 43.3 Å². The van der Waals surface area contributed by atoms with E-state index in [2.05, 4.69) is 9.97 Å². The Morgan fingerprint density at radius 1 is 1.07 bits per heavy atom. The number of amides is 2. The molecule has 0 atom stereocenters. The number of furan rings is 1. The molecule has 4 rings (SSSR count). The van der Waals surface area contributed by atoms with Gasteiger partial charge in [0.15, 0.2) is 0 Å². The summed E-state index contributed by atoms with van der Waals surface area (Å²) in [6.45, 7) is 3.17. The van der Waals surface area contributed by atoms with Crippen LogP contribution in [0.3, 0.4) is 0 Å². The molecule has 1 fully saturated rings. The highest BCUT2D eigenvalue weighted by molar-refractivity contribution is 6.06. The maximum Gasteiger partial charge on any atom is 0.262 e. The third-order valence-electron chi connectivity index (χ3n) is 5.08. The van der Waals surface area contributed by atoms with E-state index in [1.807, 2.05) is 0 Å². The molecule has 3 heterocycles. The zero-order chi connectivity index (χ0) is 20.5. The van der Waals surface area contributed by atoms with E-state index in [9.17, 15) is 14.4 Å². The SMILES string of the molecule is COc1ccc(C(=O)N2CCN(C(=O)c3c(C)oc4nc[nH]c(=O)c34)CC2)cc1. The standard InChI is InChI=1S/C20H20N4O5/c1-12-15(16-17(25)21-11-22-18(16)29-12)20(27)24-9-7-23(8-10-24)19(26)13-3-5-14(28-2)6-4-13/h3-6,11H,7-10H2,1-2H3,(H,21,22,25). The maximum absolute atomic E-state index is 13.0. The van der Waals surface area contributed by atoms with Crippen molar-refractivity contribution in [3.05, 3.63) is 57.8 Å². The van der Waals surface area contributed by atoms with Gasteiger partial charge in [0, 0.05) is 31.7 Å². The van der Waals surface area contributed by atoms with E-state index < -0.39 is 5.56 Å². The zero-order valence-electron chi connectivity index (χ0n) is 16.1. The average Bonchev–Trinajstić information content (AvgIpc) is 3.10. The normalized spacial score (nSPS) is 14.3. The molecule has 2 aromatic heterocycles. The van der Waals surface area contributed by atoms with Crippen LogP contribution in [-0.2, 0) is 0 Å². The summed E-state index contributed by atoms with van der Waals surface area (Å²) in [5.74, 6) is 0.650. The molecule has 0 saturated carbocycles. The number of aromatic nitrogens is 2. The molecule has 0 spiro atoms. The number of fused-ring (bicyclic) bond motifs is 1. The molecule has 9 heteroatoms. The van der Waals surface area contributed by atoms with Gasteiger partial charge < -0.3 is 23.9 Å². The van der Waals surface area contributed by atoms with Crippen LogP contribution in [0.1, 0.15) is 26.5 Å². The van der Waals surface area contributed by atoms with Gasteiger partial charge in [-0.2, -0.15) is 0 Å². The van der Waals surface area contributed by atoms with Crippen LogP contribution in [0.5, 0.6) is 5.75 Å². The molecule has 0 radical (unpaired) electrons. The van der Waals surface area contributed by atoms with Crippen LogP contribution in [-0.4, -0.2) is 64.9 Å². The molecule has 1 saturated heterocycles. The Labute approximate surface area is 165 Å². The number of aromatic amines is 1. The van der Waals surface area contributed by atoms with Crippen LogP contribution < -0.4 is 10.3 Å². The number of nitrogens with one attached hydrogen (secondary N) is 1. The molecule has 2 amide bonds. The lowest BCUT2D eigenvalue weighted by Gasteiger charge is -2.34. The quantitative estimate of drug-likeness (QED) is 0.717. The molecular weight excluding hydrogens is 376 g/mol. The second-order valence-electron chi connectivity index (χ2n) is 6.76. The molecule has 1 aliphatic rings. The number of nitrogens with zero attached hydrogens (tertiary/aromatic N) is 3.